The number of benzene rings is 5. The van der Waals surface area contributed by atoms with E-state index in [4.69, 9.17) is 27.9 Å². The highest BCUT2D eigenvalue weighted by Crippen LogP contribution is 2.31. The second kappa shape index (κ2) is 16.9. The zero-order valence-corrected chi connectivity index (χ0v) is 30.8. The van der Waals surface area contributed by atoms with Gasteiger partial charge in [0.25, 0.3) is 10.0 Å². The Hall–Kier alpha value is -4.83. The number of nitrogens with one attached hydrogen (secondary N) is 1. The molecule has 0 bridgehead atoms. The van der Waals surface area contributed by atoms with Crippen LogP contribution in [-0.4, -0.2) is 43.8 Å². The Morgan fingerprint density at radius 1 is 0.745 bits per heavy atom. The summed E-state index contributed by atoms with van der Waals surface area (Å²) < 4.78 is 35.8. The molecule has 1 unspecified atom stereocenters. The van der Waals surface area contributed by atoms with Crippen molar-refractivity contribution in [3.05, 3.63) is 154 Å². The van der Waals surface area contributed by atoms with Gasteiger partial charge in [0.05, 0.1) is 10.6 Å². The second-order valence-corrected chi connectivity index (χ2v) is 15.0. The van der Waals surface area contributed by atoms with Crippen molar-refractivity contribution in [1.29, 1.82) is 0 Å². The lowest BCUT2D eigenvalue weighted by Gasteiger charge is -2.34. The molecule has 5 aromatic carbocycles. The molecule has 11 heteroatoms. The maximum Gasteiger partial charge on any atom is 0.264 e. The summed E-state index contributed by atoms with van der Waals surface area (Å²) in [7, 11) is -4.29. The van der Waals surface area contributed by atoms with Gasteiger partial charge in [-0.05, 0) is 87.0 Å². The molecule has 2 amide bonds. The Bertz CT molecular complexity index is 2020. The van der Waals surface area contributed by atoms with Crippen LogP contribution in [0.15, 0.2) is 132 Å². The summed E-state index contributed by atoms with van der Waals surface area (Å²) in [6.07, 6.45) is 0.156. The molecule has 0 aliphatic heterocycles. The highest BCUT2D eigenvalue weighted by molar-refractivity contribution is 7.92. The predicted octanol–water partition coefficient (Wildman–Crippen LogP) is 8.45. The van der Waals surface area contributed by atoms with Crippen LogP contribution in [0.25, 0.3) is 0 Å². The molecule has 0 spiro atoms. The van der Waals surface area contributed by atoms with Gasteiger partial charge in [-0.1, -0.05) is 95.5 Å². The van der Waals surface area contributed by atoms with Crippen molar-refractivity contribution in [2.45, 2.75) is 50.7 Å². The molecule has 0 saturated carbocycles. The fourth-order valence-electron chi connectivity index (χ4n) is 5.46. The molecule has 0 saturated heterocycles. The second-order valence-electron chi connectivity index (χ2n) is 12.3. The minimum atomic E-state index is -4.29. The van der Waals surface area contributed by atoms with Crippen molar-refractivity contribution >= 4 is 50.7 Å². The molecular formula is C40H39Cl2N3O5S. The van der Waals surface area contributed by atoms with Gasteiger partial charge in [-0.25, -0.2) is 8.42 Å². The molecule has 264 valence electrons. The van der Waals surface area contributed by atoms with Gasteiger partial charge >= 0.3 is 0 Å². The van der Waals surface area contributed by atoms with E-state index < -0.39 is 34.4 Å². The predicted molar refractivity (Wildman–Crippen MR) is 203 cm³/mol. The maximum atomic E-state index is 14.7. The molecule has 1 atom stereocenters. The highest BCUT2D eigenvalue weighted by atomic mass is 35.5. The fraction of sp³-hybridized carbons (Fsp3) is 0.200. The smallest absolute Gasteiger partial charge is 0.264 e. The lowest BCUT2D eigenvalue weighted by atomic mass is 10.0. The molecule has 0 heterocycles. The Morgan fingerprint density at radius 2 is 1.31 bits per heavy atom. The zero-order valence-electron chi connectivity index (χ0n) is 28.5. The van der Waals surface area contributed by atoms with E-state index in [9.17, 15) is 18.0 Å². The summed E-state index contributed by atoms with van der Waals surface area (Å²) in [5, 5.41) is 3.55. The first-order chi connectivity index (χ1) is 24.4. The average molecular weight is 745 g/mol. The molecule has 5 rings (SSSR count). The van der Waals surface area contributed by atoms with E-state index in [-0.39, 0.29) is 29.6 Å². The van der Waals surface area contributed by atoms with Gasteiger partial charge < -0.3 is 15.0 Å². The highest BCUT2D eigenvalue weighted by Gasteiger charge is 2.35. The number of halogens is 2. The number of anilines is 1. The maximum absolute atomic E-state index is 14.7. The van der Waals surface area contributed by atoms with E-state index in [1.165, 1.54) is 17.0 Å². The molecule has 0 fully saturated rings. The Balaban J connectivity index is 1.58. The number of hydrogen-bond donors (Lipinski definition) is 1. The van der Waals surface area contributed by atoms with Crippen LogP contribution < -0.4 is 14.4 Å². The summed E-state index contributed by atoms with van der Waals surface area (Å²) >= 11 is 13.2. The van der Waals surface area contributed by atoms with Crippen LogP contribution >= 0.6 is 23.2 Å². The Morgan fingerprint density at radius 3 is 1.90 bits per heavy atom. The van der Waals surface area contributed by atoms with E-state index >= 15 is 0 Å². The first kappa shape index (κ1) is 37.4. The molecule has 51 heavy (non-hydrogen) atoms. The van der Waals surface area contributed by atoms with Crippen molar-refractivity contribution in [3.8, 4) is 11.5 Å². The third kappa shape index (κ3) is 9.70. The summed E-state index contributed by atoms with van der Waals surface area (Å²) in [6, 6.07) is 35.1. The molecule has 0 radical (unpaired) electrons. The number of rotatable bonds is 14. The van der Waals surface area contributed by atoms with Gasteiger partial charge in [0.2, 0.25) is 11.8 Å². The topological polar surface area (TPSA) is 96.0 Å². The molecule has 0 aromatic heterocycles. The number of nitrogens with zero attached hydrogens (tertiary/aromatic N) is 2. The van der Waals surface area contributed by atoms with Gasteiger partial charge in [0.15, 0.2) is 0 Å². The van der Waals surface area contributed by atoms with Gasteiger partial charge in [-0.2, -0.15) is 0 Å². The quantitative estimate of drug-likeness (QED) is 0.123. The molecule has 0 aliphatic carbocycles. The largest absolute Gasteiger partial charge is 0.457 e. The van der Waals surface area contributed by atoms with Crippen molar-refractivity contribution in [2.24, 2.45) is 0 Å². The minimum Gasteiger partial charge on any atom is -0.457 e. The lowest BCUT2D eigenvalue weighted by Crippen LogP contribution is -2.54. The number of amides is 2. The fourth-order valence-corrected chi connectivity index (χ4v) is 7.39. The number of carbonyl (C=O) groups excluding carboxylic acids is 2. The Labute approximate surface area is 309 Å². The normalized spacial score (nSPS) is 11.9. The van der Waals surface area contributed by atoms with Crippen LogP contribution in [0, 0.1) is 6.92 Å². The molecule has 1 N–H and O–H groups in total. The van der Waals surface area contributed by atoms with Gasteiger partial charge in [-0.3, -0.25) is 13.9 Å². The first-order valence-electron chi connectivity index (χ1n) is 16.4. The third-order valence-electron chi connectivity index (χ3n) is 8.08. The molecule has 8 nitrogen and oxygen atoms in total. The molecule has 0 aliphatic rings. The van der Waals surface area contributed by atoms with Crippen LogP contribution in [0.1, 0.15) is 30.5 Å². The lowest BCUT2D eigenvalue weighted by molar-refractivity contribution is -0.140. The van der Waals surface area contributed by atoms with Crippen LogP contribution in [-0.2, 0) is 32.6 Å². The van der Waals surface area contributed by atoms with E-state index in [1.807, 2.05) is 81.4 Å². The Kier molecular flexibility index (Phi) is 12.4. The van der Waals surface area contributed by atoms with Crippen LogP contribution in [0.4, 0.5) is 5.69 Å². The van der Waals surface area contributed by atoms with Crippen LogP contribution in [0.5, 0.6) is 11.5 Å². The van der Waals surface area contributed by atoms with E-state index in [0.717, 1.165) is 15.4 Å². The third-order valence-corrected chi connectivity index (χ3v) is 10.6. The minimum absolute atomic E-state index is 0.00426. The number of ether oxygens (including phenoxy) is 1. The summed E-state index contributed by atoms with van der Waals surface area (Å²) in [4.78, 5) is 30.1. The summed E-state index contributed by atoms with van der Waals surface area (Å²) in [5.41, 5.74) is 2.34. The van der Waals surface area contributed by atoms with E-state index in [0.29, 0.717) is 27.1 Å². The molecular weight excluding hydrogens is 705 g/mol. The standard InChI is InChI=1S/C40H39Cl2N3O5S/c1-28(2)43-40(47)38(25-30-11-6-4-7-12-30)44(26-35-36(41)15-10-16-37(35)42)39(46)27-45(51(48,49)34-23-17-29(3)18-24-34)31-19-21-33(22-20-31)50-32-13-8-5-9-14-32/h4-24,28,38H,25-27H2,1-3H3,(H,43,47). The van der Waals surface area contributed by atoms with Gasteiger partial charge in [0, 0.05) is 34.6 Å². The number of hydrogen-bond acceptors (Lipinski definition) is 5. The number of para-hydroxylation sites is 1. The summed E-state index contributed by atoms with van der Waals surface area (Å²) in [5.74, 6) is 0.0571. The number of sulfonamides is 1. The van der Waals surface area contributed by atoms with E-state index in [1.54, 1.807) is 54.6 Å². The zero-order chi connectivity index (χ0) is 36.5. The van der Waals surface area contributed by atoms with Crippen molar-refractivity contribution in [3.63, 3.8) is 0 Å². The van der Waals surface area contributed by atoms with Crippen LogP contribution in [0.3, 0.4) is 0 Å². The SMILES string of the molecule is Cc1ccc(S(=O)(=O)N(CC(=O)N(Cc2c(Cl)cccc2Cl)C(Cc2ccccc2)C(=O)NC(C)C)c2ccc(Oc3ccccc3)cc2)cc1. The van der Waals surface area contributed by atoms with Gasteiger partial charge in [-0.15, -0.1) is 0 Å². The van der Waals surface area contributed by atoms with Crippen LogP contribution in [0.2, 0.25) is 10.0 Å². The molecule has 5 aromatic rings. The summed E-state index contributed by atoms with van der Waals surface area (Å²) in [6.45, 7) is 4.74. The van der Waals surface area contributed by atoms with E-state index in [2.05, 4.69) is 5.32 Å². The average Bonchev–Trinajstić information content (AvgIpc) is 3.11. The first-order valence-corrected chi connectivity index (χ1v) is 18.6. The number of aryl methyl sites for hydroxylation is 1. The van der Waals surface area contributed by atoms with Gasteiger partial charge in [0.1, 0.15) is 24.1 Å². The van der Waals surface area contributed by atoms with Crippen molar-refractivity contribution < 1.29 is 22.7 Å². The monoisotopic (exact) mass is 743 g/mol. The van der Waals surface area contributed by atoms with Crippen molar-refractivity contribution in [1.82, 2.24) is 10.2 Å². The number of carbonyl (C=O) groups is 2. The van der Waals surface area contributed by atoms with Crippen molar-refractivity contribution in [2.75, 3.05) is 10.8 Å².